The third-order valence-corrected chi connectivity index (χ3v) is 4.17. The molecule has 0 saturated heterocycles. The number of nitrogens with two attached hydrogens (primary N) is 3. The molecule has 0 unspecified atom stereocenters. The summed E-state index contributed by atoms with van der Waals surface area (Å²) in [5.41, 5.74) is 17.7. The first-order chi connectivity index (χ1) is 11.6. The van der Waals surface area contributed by atoms with Gasteiger partial charge in [0.2, 0.25) is 0 Å². The largest absolute Gasteiger partial charge is 0.401 e. The van der Waals surface area contributed by atoms with Gasteiger partial charge >= 0.3 is 0 Å². The Bertz CT molecular complexity index is 786. The molecular formula is C18H23FN4O2. The molecule has 1 aromatic carbocycles. The number of halogens is 1. The van der Waals surface area contributed by atoms with Crippen LogP contribution in [0.3, 0.4) is 0 Å². The van der Waals surface area contributed by atoms with E-state index in [-0.39, 0.29) is 28.1 Å². The number of allylic oxidation sites excluding steroid dienone is 2. The fraction of sp³-hybridized carbons (Fsp3) is 0.389. The van der Waals surface area contributed by atoms with Crippen LogP contribution in [0, 0.1) is 11.2 Å². The summed E-state index contributed by atoms with van der Waals surface area (Å²) in [5.74, 6) is -1.86. The van der Waals surface area contributed by atoms with Crippen molar-refractivity contribution in [1.29, 1.82) is 0 Å². The number of primary amides is 1. The molecule has 25 heavy (non-hydrogen) atoms. The maximum absolute atomic E-state index is 14.1. The monoisotopic (exact) mass is 346 g/mol. The average Bonchev–Trinajstić information content (AvgIpc) is 2.43. The Hall–Kier alpha value is -2.70. The van der Waals surface area contributed by atoms with Gasteiger partial charge in [-0.05, 0) is 24.3 Å². The SMILES string of the molecule is CC/C(N)=C1\C(=O)CC(C)(C)CC1=Nc1cc(N)c(C(N)=O)c(F)c1. The lowest BCUT2D eigenvalue weighted by molar-refractivity contribution is -0.117. The normalized spacial score (nSPS) is 20.6. The minimum atomic E-state index is -0.945. The van der Waals surface area contributed by atoms with E-state index in [9.17, 15) is 14.0 Å². The average molecular weight is 346 g/mol. The highest BCUT2D eigenvalue weighted by Gasteiger charge is 2.35. The molecule has 0 spiro atoms. The van der Waals surface area contributed by atoms with Crippen molar-refractivity contribution in [2.45, 2.75) is 40.0 Å². The molecule has 0 bridgehead atoms. The first-order valence-electron chi connectivity index (χ1n) is 8.04. The van der Waals surface area contributed by atoms with Crippen molar-refractivity contribution in [3.8, 4) is 0 Å². The summed E-state index contributed by atoms with van der Waals surface area (Å²) in [7, 11) is 0. The molecule has 0 radical (unpaired) electrons. The maximum atomic E-state index is 14.1. The van der Waals surface area contributed by atoms with E-state index in [0.29, 0.717) is 36.2 Å². The van der Waals surface area contributed by atoms with Crippen LogP contribution in [0.15, 0.2) is 28.4 Å². The van der Waals surface area contributed by atoms with Crippen molar-refractivity contribution < 1.29 is 14.0 Å². The van der Waals surface area contributed by atoms with Crippen molar-refractivity contribution >= 4 is 28.8 Å². The van der Waals surface area contributed by atoms with Gasteiger partial charge in [0, 0.05) is 23.9 Å². The van der Waals surface area contributed by atoms with Crippen molar-refractivity contribution in [1.82, 2.24) is 0 Å². The number of rotatable bonds is 3. The summed E-state index contributed by atoms with van der Waals surface area (Å²) < 4.78 is 14.1. The minimum Gasteiger partial charge on any atom is -0.401 e. The van der Waals surface area contributed by atoms with Gasteiger partial charge in [0.1, 0.15) is 5.82 Å². The van der Waals surface area contributed by atoms with E-state index in [1.807, 2.05) is 20.8 Å². The third-order valence-electron chi connectivity index (χ3n) is 4.17. The summed E-state index contributed by atoms with van der Waals surface area (Å²) in [5, 5.41) is 0. The standard InChI is InChI=1S/C18H23FN4O2/c1-4-11(20)16-13(7-18(2,3)8-14(16)24)23-9-5-10(19)15(17(22)25)12(21)6-9/h5-6H,4,7-8,20-21H2,1-3H3,(H2,22,25)/b16-11+,23-13?. The van der Waals surface area contributed by atoms with E-state index >= 15 is 0 Å². The molecule has 1 amide bonds. The molecule has 6 N–H and O–H groups in total. The summed E-state index contributed by atoms with van der Waals surface area (Å²) in [6.45, 7) is 5.78. The number of hydrogen-bond donors (Lipinski definition) is 3. The van der Waals surface area contributed by atoms with Crippen LogP contribution in [0.5, 0.6) is 0 Å². The summed E-state index contributed by atoms with van der Waals surface area (Å²) in [6, 6.07) is 2.44. The number of benzene rings is 1. The van der Waals surface area contributed by atoms with Crippen molar-refractivity contribution in [3.63, 3.8) is 0 Å². The van der Waals surface area contributed by atoms with Crippen molar-refractivity contribution in [2.24, 2.45) is 21.9 Å². The number of Topliss-reactive ketones (excluding diaryl/α,β-unsaturated/α-hetero) is 1. The molecule has 1 aromatic rings. The maximum Gasteiger partial charge on any atom is 0.253 e. The molecule has 0 aliphatic heterocycles. The van der Waals surface area contributed by atoms with Gasteiger partial charge in [-0.2, -0.15) is 0 Å². The second kappa shape index (κ2) is 6.66. The number of nitrogen functional groups attached to an aromatic ring is 1. The van der Waals surface area contributed by atoms with Crippen LogP contribution in [0.25, 0.3) is 0 Å². The predicted molar refractivity (Wildman–Crippen MR) is 96.0 cm³/mol. The van der Waals surface area contributed by atoms with Crippen LogP contribution in [-0.4, -0.2) is 17.4 Å². The topological polar surface area (TPSA) is 125 Å². The van der Waals surface area contributed by atoms with Crippen LogP contribution >= 0.6 is 0 Å². The van der Waals surface area contributed by atoms with Crippen LogP contribution in [-0.2, 0) is 4.79 Å². The number of carbonyl (C=O) groups excluding carboxylic acids is 2. The van der Waals surface area contributed by atoms with Gasteiger partial charge in [0.05, 0.1) is 22.5 Å². The van der Waals surface area contributed by atoms with Gasteiger partial charge in [0.15, 0.2) is 5.78 Å². The lowest BCUT2D eigenvalue weighted by Gasteiger charge is -2.31. The zero-order valence-corrected chi connectivity index (χ0v) is 14.6. The fourth-order valence-electron chi connectivity index (χ4n) is 3.02. The molecule has 1 aliphatic carbocycles. The van der Waals surface area contributed by atoms with Gasteiger partial charge in [0.25, 0.3) is 5.91 Å². The van der Waals surface area contributed by atoms with Gasteiger partial charge in [-0.1, -0.05) is 20.8 Å². The highest BCUT2D eigenvalue weighted by atomic mass is 19.1. The van der Waals surface area contributed by atoms with Gasteiger partial charge in [-0.3, -0.25) is 14.6 Å². The van der Waals surface area contributed by atoms with Crippen molar-refractivity contribution in [3.05, 3.63) is 34.8 Å². The molecule has 0 aromatic heterocycles. The van der Waals surface area contributed by atoms with Crippen molar-refractivity contribution in [2.75, 3.05) is 5.73 Å². The summed E-state index contributed by atoms with van der Waals surface area (Å²) in [6.07, 6.45) is 1.41. The zero-order valence-electron chi connectivity index (χ0n) is 14.6. The Morgan fingerprint density at radius 1 is 1.28 bits per heavy atom. The summed E-state index contributed by atoms with van der Waals surface area (Å²) in [4.78, 5) is 28.2. The van der Waals surface area contributed by atoms with E-state index in [2.05, 4.69) is 4.99 Å². The van der Waals surface area contributed by atoms with Gasteiger partial charge in [-0.15, -0.1) is 0 Å². The number of aliphatic imine (C=N–C) groups is 1. The van der Waals surface area contributed by atoms with E-state index < -0.39 is 11.7 Å². The molecule has 7 heteroatoms. The highest BCUT2D eigenvalue weighted by Crippen LogP contribution is 2.36. The first kappa shape index (κ1) is 18.6. The van der Waals surface area contributed by atoms with E-state index in [1.165, 1.54) is 6.07 Å². The van der Waals surface area contributed by atoms with E-state index in [1.54, 1.807) is 0 Å². The van der Waals surface area contributed by atoms with E-state index in [0.717, 1.165) is 6.07 Å². The molecule has 134 valence electrons. The highest BCUT2D eigenvalue weighted by molar-refractivity contribution is 6.25. The third kappa shape index (κ3) is 3.87. The molecule has 1 fully saturated rings. The number of anilines is 1. The van der Waals surface area contributed by atoms with Gasteiger partial charge in [-0.25, -0.2) is 4.39 Å². The predicted octanol–water partition coefficient (Wildman–Crippen LogP) is 2.59. The molecule has 0 heterocycles. The first-order valence-corrected chi connectivity index (χ1v) is 8.04. The fourth-order valence-corrected chi connectivity index (χ4v) is 3.02. The smallest absolute Gasteiger partial charge is 0.253 e. The summed E-state index contributed by atoms with van der Waals surface area (Å²) >= 11 is 0. The van der Waals surface area contributed by atoms with Gasteiger partial charge < -0.3 is 17.2 Å². The van der Waals surface area contributed by atoms with Crippen LogP contribution in [0.2, 0.25) is 0 Å². The number of ketones is 1. The lowest BCUT2D eigenvalue weighted by atomic mass is 9.73. The quantitative estimate of drug-likeness (QED) is 0.574. The van der Waals surface area contributed by atoms with Crippen LogP contribution in [0.4, 0.5) is 15.8 Å². The molecule has 1 saturated carbocycles. The molecular weight excluding hydrogens is 323 g/mol. The number of hydrogen-bond acceptors (Lipinski definition) is 5. The molecule has 2 rings (SSSR count). The molecule has 1 aliphatic rings. The Morgan fingerprint density at radius 2 is 1.92 bits per heavy atom. The second-order valence-corrected chi connectivity index (χ2v) is 7.01. The van der Waals surface area contributed by atoms with Crippen LogP contribution in [0.1, 0.15) is 50.4 Å². The molecule has 6 nitrogen and oxygen atoms in total. The number of nitrogens with zero attached hydrogens (tertiary/aromatic N) is 1. The Labute approximate surface area is 146 Å². The number of carbonyl (C=O) groups is 2. The zero-order chi connectivity index (χ0) is 18.9. The van der Waals surface area contributed by atoms with E-state index in [4.69, 9.17) is 17.2 Å². The Morgan fingerprint density at radius 3 is 2.44 bits per heavy atom. The Kier molecular flexibility index (Phi) is 4.97. The lowest BCUT2D eigenvalue weighted by Crippen LogP contribution is -2.33. The number of amides is 1. The van der Waals surface area contributed by atoms with Crippen LogP contribution < -0.4 is 17.2 Å². The molecule has 0 atom stereocenters. The minimum absolute atomic E-state index is 0.0726. The Balaban J connectivity index is 2.60. The second-order valence-electron chi connectivity index (χ2n) is 7.01.